The minimum atomic E-state index is -5.82. The van der Waals surface area contributed by atoms with E-state index in [9.17, 15) is 52.8 Å². The van der Waals surface area contributed by atoms with Gasteiger partial charge in [0.1, 0.15) is 6.10 Å². The first-order chi connectivity index (χ1) is 11.2. The Kier molecular flexibility index (Phi) is 12.1. The van der Waals surface area contributed by atoms with E-state index in [0.29, 0.717) is 6.92 Å². The number of ketones is 1. The molecule has 0 aromatic carbocycles. The standard InChI is InChI=1S/C5H7F3O4S.C4H5F3O5S.V/c1-3(9)4(2)12-13(10,11)5(6,7)8;1-2(3(8)9)12-13(10,11)4(5,6)7;/h4H,1-2H3;2H,1H3,(H,8,9);/t4-;2-;/m00./s1. The average Bonchev–Trinajstić information content (AvgIpc) is 2.35. The Bertz CT molecular complexity index is 651. The van der Waals surface area contributed by atoms with Crippen LogP contribution in [0.2, 0.25) is 0 Å². The van der Waals surface area contributed by atoms with Crippen molar-refractivity contribution < 1.29 is 84.8 Å². The zero-order chi connectivity index (χ0) is 21.7. The van der Waals surface area contributed by atoms with Crippen molar-refractivity contribution in [1.29, 1.82) is 0 Å². The van der Waals surface area contributed by atoms with Crippen molar-refractivity contribution in [2.45, 2.75) is 44.0 Å². The molecule has 0 aliphatic carbocycles. The van der Waals surface area contributed by atoms with E-state index in [1.807, 2.05) is 0 Å². The number of aliphatic carboxylic acids is 1. The Balaban J connectivity index is -0.000000411. The van der Waals surface area contributed by atoms with Crippen molar-refractivity contribution in [3.05, 3.63) is 0 Å². The zero-order valence-electron chi connectivity index (χ0n) is 13.4. The molecule has 0 fully saturated rings. The van der Waals surface area contributed by atoms with Crippen molar-refractivity contribution in [2.24, 2.45) is 0 Å². The summed E-state index contributed by atoms with van der Waals surface area (Å²) in [7, 11) is -11.5. The molecule has 18 heteroatoms. The molecule has 9 nitrogen and oxygen atoms in total. The molecule has 27 heavy (non-hydrogen) atoms. The van der Waals surface area contributed by atoms with E-state index in [2.05, 4.69) is 8.37 Å². The first-order valence-electron chi connectivity index (χ1n) is 5.88. The smallest absolute Gasteiger partial charge is 0.479 e. The van der Waals surface area contributed by atoms with Gasteiger partial charge in [-0.15, -0.1) is 0 Å². The molecule has 0 spiro atoms. The summed E-state index contributed by atoms with van der Waals surface area (Å²) in [6.07, 6.45) is -3.68. The third-order valence-corrected chi connectivity index (χ3v) is 4.25. The van der Waals surface area contributed by atoms with Crippen molar-refractivity contribution in [2.75, 3.05) is 0 Å². The molecule has 0 bridgehead atoms. The molecule has 1 N–H and O–H groups in total. The number of carbonyl (C=O) groups excluding carboxylic acids is 1. The van der Waals surface area contributed by atoms with Crippen LogP contribution in [-0.4, -0.2) is 56.9 Å². The Hall–Kier alpha value is -0.876. The molecule has 0 saturated heterocycles. The molecule has 0 aromatic heterocycles. The van der Waals surface area contributed by atoms with Crippen LogP contribution in [0.4, 0.5) is 26.3 Å². The molecular formula is C9H12F6O9S2V. The zero-order valence-corrected chi connectivity index (χ0v) is 16.4. The molecule has 0 aliphatic rings. The van der Waals surface area contributed by atoms with Crippen molar-refractivity contribution in [1.82, 2.24) is 0 Å². The van der Waals surface area contributed by atoms with Crippen molar-refractivity contribution in [3.8, 4) is 0 Å². The number of Topliss-reactive ketones (excluding diaryl/α,β-unsaturated/α-hetero) is 1. The predicted molar refractivity (Wildman–Crippen MR) is 69.4 cm³/mol. The third-order valence-electron chi connectivity index (χ3n) is 2.03. The van der Waals surface area contributed by atoms with Gasteiger partial charge in [-0.3, -0.25) is 8.98 Å². The van der Waals surface area contributed by atoms with Gasteiger partial charge in [0.2, 0.25) is 0 Å². The van der Waals surface area contributed by atoms with Gasteiger partial charge in [-0.2, -0.15) is 43.2 Å². The summed E-state index contributed by atoms with van der Waals surface area (Å²) in [5.41, 5.74) is -11.1. The second-order valence-corrected chi connectivity index (χ2v) is 7.35. The minimum Gasteiger partial charge on any atom is -0.479 e. The van der Waals surface area contributed by atoms with Gasteiger partial charge in [-0.25, -0.2) is 8.98 Å². The van der Waals surface area contributed by atoms with Crippen LogP contribution in [0.5, 0.6) is 0 Å². The molecular weight excluding hydrogens is 481 g/mol. The van der Waals surface area contributed by atoms with Crippen LogP contribution in [0.1, 0.15) is 20.8 Å². The van der Waals surface area contributed by atoms with Gasteiger partial charge in [0, 0.05) is 18.6 Å². The second-order valence-electron chi connectivity index (χ2n) is 4.23. The van der Waals surface area contributed by atoms with Crippen LogP contribution < -0.4 is 0 Å². The van der Waals surface area contributed by atoms with E-state index in [1.165, 1.54) is 0 Å². The Morgan fingerprint density at radius 3 is 1.26 bits per heavy atom. The van der Waals surface area contributed by atoms with E-state index in [-0.39, 0.29) is 18.6 Å². The van der Waals surface area contributed by atoms with Gasteiger partial charge in [0.15, 0.2) is 11.9 Å². The number of carbonyl (C=O) groups is 2. The van der Waals surface area contributed by atoms with Crippen LogP contribution in [-0.2, 0) is 56.7 Å². The number of hydrogen-bond acceptors (Lipinski definition) is 8. The van der Waals surface area contributed by atoms with E-state index in [1.54, 1.807) is 0 Å². The van der Waals surface area contributed by atoms with Gasteiger partial charge >= 0.3 is 37.2 Å². The summed E-state index contributed by atoms with van der Waals surface area (Å²) in [5.74, 6) is -2.60. The number of rotatable bonds is 6. The third kappa shape index (κ3) is 10.9. The molecule has 161 valence electrons. The maximum atomic E-state index is 11.6. The van der Waals surface area contributed by atoms with Gasteiger partial charge in [0.25, 0.3) is 0 Å². The summed E-state index contributed by atoms with van der Waals surface area (Å²) < 4.78 is 117. The van der Waals surface area contributed by atoms with Gasteiger partial charge in [-0.05, 0) is 20.8 Å². The fourth-order valence-corrected chi connectivity index (χ4v) is 1.79. The Morgan fingerprint density at radius 1 is 0.815 bits per heavy atom. The first-order valence-corrected chi connectivity index (χ1v) is 8.69. The Labute approximate surface area is 161 Å². The predicted octanol–water partition coefficient (Wildman–Crippen LogP) is 1.15. The molecule has 0 saturated carbocycles. The number of carboxylic acids is 1. The summed E-state index contributed by atoms with van der Waals surface area (Å²) in [6, 6.07) is 0. The number of carboxylic acid groups (broad SMARTS) is 1. The minimum absolute atomic E-state index is 0. The van der Waals surface area contributed by atoms with Crippen molar-refractivity contribution >= 4 is 32.0 Å². The van der Waals surface area contributed by atoms with Gasteiger partial charge < -0.3 is 5.11 Å². The van der Waals surface area contributed by atoms with Crippen LogP contribution in [0.15, 0.2) is 0 Å². The monoisotopic (exact) mass is 493 g/mol. The maximum absolute atomic E-state index is 11.6. The summed E-state index contributed by atoms with van der Waals surface area (Å²) in [6.45, 7) is 2.52. The molecule has 0 unspecified atom stereocenters. The van der Waals surface area contributed by atoms with Crippen LogP contribution >= 0.6 is 0 Å². The second kappa shape index (κ2) is 10.6. The molecule has 2 atom stereocenters. The first kappa shape index (κ1) is 30.8. The molecule has 0 heterocycles. The number of halogens is 6. The topological polar surface area (TPSA) is 141 Å². The molecule has 1 radical (unpaired) electrons. The quantitative estimate of drug-likeness (QED) is 0.328. The number of alkyl halides is 6. The van der Waals surface area contributed by atoms with Crippen LogP contribution in [0.3, 0.4) is 0 Å². The van der Waals surface area contributed by atoms with E-state index in [4.69, 9.17) is 5.11 Å². The average molecular weight is 493 g/mol. The normalized spacial score (nSPS) is 14.9. The van der Waals surface area contributed by atoms with E-state index < -0.39 is 55.2 Å². The van der Waals surface area contributed by atoms with Crippen LogP contribution in [0, 0.1) is 0 Å². The Morgan fingerprint density at radius 2 is 1.07 bits per heavy atom. The largest absolute Gasteiger partial charge is 0.523 e. The molecule has 0 aliphatic heterocycles. The van der Waals surface area contributed by atoms with E-state index in [0.717, 1.165) is 13.8 Å². The summed E-state index contributed by atoms with van der Waals surface area (Å²) in [4.78, 5) is 20.3. The van der Waals surface area contributed by atoms with E-state index >= 15 is 0 Å². The van der Waals surface area contributed by atoms with Crippen molar-refractivity contribution in [3.63, 3.8) is 0 Å². The maximum Gasteiger partial charge on any atom is 0.523 e. The summed E-state index contributed by atoms with van der Waals surface area (Å²) >= 11 is 0. The molecule has 0 aromatic rings. The number of hydrogen-bond donors (Lipinski definition) is 1. The SMILES string of the molecule is CC(=O)[C@H](C)OS(=O)(=O)C(F)(F)F.C[C@H](OS(=O)(=O)C(F)(F)F)C(=O)O.[V]. The molecule has 0 amide bonds. The fourth-order valence-electron chi connectivity index (χ4n) is 0.598. The summed E-state index contributed by atoms with van der Waals surface area (Å²) in [5, 5.41) is 8.05. The van der Waals surface area contributed by atoms with Gasteiger partial charge in [-0.1, -0.05) is 0 Å². The fraction of sp³-hybridized carbons (Fsp3) is 0.778. The van der Waals surface area contributed by atoms with Crippen LogP contribution in [0.25, 0.3) is 0 Å². The molecule has 0 rings (SSSR count). The van der Waals surface area contributed by atoms with Gasteiger partial charge in [0.05, 0.1) is 0 Å².